The lowest BCUT2D eigenvalue weighted by molar-refractivity contribution is -0.139. The maximum atomic E-state index is 14.4. The fourth-order valence-electron chi connectivity index (χ4n) is 4.06. The number of rotatable bonds is 9. The highest BCUT2D eigenvalue weighted by atomic mass is 79.9. The number of nitrogens with one attached hydrogen (secondary N) is 1. The topological polar surface area (TPSA) is 86.8 Å². The third kappa shape index (κ3) is 6.79. The van der Waals surface area contributed by atoms with Gasteiger partial charge in [-0.15, -0.1) is 0 Å². The SMILES string of the molecule is C[C@@H](C(=O)NC1CCCC1)N(Cc1cccc(Br)c1)C(=O)CN(c1ccccc1F)S(C)(=O)=O. The van der Waals surface area contributed by atoms with Crippen molar-refractivity contribution >= 4 is 43.5 Å². The molecule has 0 unspecified atom stereocenters. The van der Waals surface area contributed by atoms with Gasteiger partial charge in [-0.3, -0.25) is 13.9 Å². The first-order valence-corrected chi connectivity index (χ1v) is 13.8. The summed E-state index contributed by atoms with van der Waals surface area (Å²) in [6.45, 7) is 1.08. The average Bonchev–Trinajstić information content (AvgIpc) is 3.28. The lowest BCUT2D eigenvalue weighted by Crippen LogP contribution is -2.52. The van der Waals surface area contributed by atoms with E-state index in [9.17, 15) is 22.4 Å². The molecule has 0 spiro atoms. The summed E-state index contributed by atoms with van der Waals surface area (Å²) in [6.07, 6.45) is 4.81. The zero-order valence-electron chi connectivity index (χ0n) is 19.2. The van der Waals surface area contributed by atoms with E-state index >= 15 is 0 Å². The third-order valence-corrected chi connectivity index (χ3v) is 7.53. The number of sulfonamides is 1. The molecule has 1 aliphatic carbocycles. The predicted molar refractivity (Wildman–Crippen MR) is 133 cm³/mol. The standard InChI is InChI=1S/C24H29BrFN3O4S/c1-17(24(31)27-20-10-3-4-11-20)28(15-18-8-7-9-19(25)14-18)23(30)16-29(34(2,32)33)22-13-6-5-12-21(22)26/h5-9,12-14,17,20H,3-4,10-11,15-16H2,1-2H3,(H,27,31)/t17-/m0/s1. The van der Waals surface area contributed by atoms with E-state index in [1.54, 1.807) is 6.92 Å². The molecular weight excluding hydrogens is 525 g/mol. The minimum atomic E-state index is -3.98. The van der Waals surface area contributed by atoms with Gasteiger partial charge in [0.2, 0.25) is 21.8 Å². The van der Waals surface area contributed by atoms with Crippen LogP contribution in [0.15, 0.2) is 53.0 Å². The first-order chi connectivity index (χ1) is 16.1. The van der Waals surface area contributed by atoms with Crippen LogP contribution in [0.2, 0.25) is 0 Å². The predicted octanol–water partition coefficient (Wildman–Crippen LogP) is 3.83. The molecule has 3 rings (SSSR count). The van der Waals surface area contributed by atoms with Crippen molar-refractivity contribution < 1.29 is 22.4 Å². The molecule has 0 bridgehead atoms. The second-order valence-corrected chi connectivity index (χ2v) is 11.4. The van der Waals surface area contributed by atoms with Gasteiger partial charge in [-0.05, 0) is 49.6 Å². The molecule has 2 aromatic carbocycles. The van der Waals surface area contributed by atoms with E-state index in [-0.39, 0.29) is 24.2 Å². The van der Waals surface area contributed by atoms with Crippen LogP contribution in [-0.2, 0) is 26.2 Å². The number of amides is 2. The minimum absolute atomic E-state index is 0.0729. The van der Waals surface area contributed by atoms with E-state index in [1.807, 2.05) is 24.3 Å². The Bertz CT molecular complexity index is 1140. The molecule has 10 heteroatoms. The van der Waals surface area contributed by atoms with Crippen LogP contribution in [0, 0.1) is 5.82 Å². The number of hydrogen-bond acceptors (Lipinski definition) is 4. The van der Waals surface area contributed by atoms with Crippen LogP contribution in [-0.4, -0.2) is 50.0 Å². The zero-order chi connectivity index (χ0) is 24.9. The Hall–Kier alpha value is -2.46. The zero-order valence-corrected chi connectivity index (χ0v) is 21.6. The summed E-state index contributed by atoms with van der Waals surface area (Å²) in [5.41, 5.74) is 0.545. The Kier molecular flexibility index (Phi) is 8.70. The van der Waals surface area contributed by atoms with Crippen molar-refractivity contribution in [1.29, 1.82) is 0 Å². The summed E-state index contributed by atoms with van der Waals surface area (Å²) in [7, 11) is -3.98. The normalized spacial score (nSPS) is 15.1. The number of anilines is 1. The van der Waals surface area contributed by atoms with Gasteiger partial charge in [0.1, 0.15) is 18.4 Å². The van der Waals surface area contributed by atoms with Crippen LogP contribution in [0.3, 0.4) is 0 Å². The van der Waals surface area contributed by atoms with E-state index < -0.39 is 34.3 Å². The van der Waals surface area contributed by atoms with E-state index in [4.69, 9.17) is 0 Å². The molecular formula is C24H29BrFN3O4S. The Labute approximate surface area is 208 Å². The smallest absolute Gasteiger partial charge is 0.244 e. The van der Waals surface area contributed by atoms with Crippen LogP contribution in [0.25, 0.3) is 0 Å². The first-order valence-electron chi connectivity index (χ1n) is 11.1. The Morgan fingerprint density at radius 1 is 1.15 bits per heavy atom. The largest absolute Gasteiger partial charge is 0.352 e. The van der Waals surface area contributed by atoms with Crippen LogP contribution < -0.4 is 9.62 Å². The molecule has 1 N–H and O–H groups in total. The molecule has 2 amide bonds. The quantitative estimate of drug-likeness (QED) is 0.511. The van der Waals surface area contributed by atoms with Crippen molar-refractivity contribution in [1.82, 2.24) is 10.2 Å². The molecule has 1 atom stereocenters. The summed E-state index contributed by atoms with van der Waals surface area (Å²) < 4.78 is 40.9. The van der Waals surface area contributed by atoms with Crippen molar-refractivity contribution in [2.45, 2.75) is 51.2 Å². The van der Waals surface area contributed by atoms with Gasteiger partial charge in [0.15, 0.2) is 0 Å². The number of carbonyl (C=O) groups is 2. The molecule has 34 heavy (non-hydrogen) atoms. The molecule has 1 fully saturated rings. The maximum Gasteiger partial charge on any atom is 0.244 e. The van der Waals surface area contributed by atoms with Gasteiger partial charge in [0.25, 0.3) is 0 Å². The van der Waals surface area contributed by atoms with Gasteiger partial charge in [-0.1, -0.05) is 53.0 Å². The number of hydrogen-bond donors (Lipinski definition) is 1. The molecule has 0 aromatic heterocycles. The minimum Gasteiger partial charge on any atom is -0.352 e. The molecule has 0 aliphatic heterocycles. The Balaban J connectivity index is 1.89. The van der Waals surface area contributed by atoms with E-state index in [0.29, 0.717) is 0 Å². The number of para-hydroxylation sites is 1. The molecule has 0 saturated heterocycles. The lowest BCUT2D eigenvalue weighted by Gasteiger charge is -2.32. The monoisotopic (exact) mass is 553 g/mol. The highest BCUT2D eigenvalue weighted by Crippen LogP contribution is 2.23. The van der Waals surface area contributed by atoms with Gasteiger partial charge in [0.05, 0.1) is 11.9 Å². The molecule has 0 heterocycles. The van der Waals surface area contributed by atoms with Crippen LogP contribution in [0.5, 0.6) is 0 Å². The van der Waals surface area contributed by atoms with Crippen molar-refractivity contribution in [3.05, 3.63) is 64.4 Å². The average molecular weight is 554 g/mol. The lowest BCUT2D eigenvalue weighted by atomic mass is 10.1. The van der Waals surface area contributed by atoms with Gasteiger partial charge in [-0.25, -0.2) is 12.8 Å². The number of carbonyl (C=O) groups excluding carboxylic acids is 2. The fourth-order valence-corrected chi connectivity index (χ4v) is 5.35. The van der Waals surface area contributed by atoms with Gasteiger partial charge < -0.3 is 10.2 Å². The molecule has 2 aromatic rings. The van der Waals surface area contributed by atoms with Gasteiger partial charge in [0, 0.05) is 17.1 Å². The van der Waals surface area contributed by atoms with Crippen molar-refractivity contribution in [3.63, 3.8) is 0 Å². The second-order valence-electron chi connectivity index (χ2n) is 8.54. The summed E-state index contributed by atoms with van der Waals surface area (Å²) in [5, 5.41) is 3.00. The summed E-state index contributed by atoms with van der Waals surface area (Å²) in [4.78, 5) is 27.8. The first kappa shape index (κ1) is 26.2. The Morgan fingerprint density at radius 3 is 2.44 bits per heavy atom. The van der Waals surface area contributed by atoms with Crippen molar-refractivity contribution in [2.75, 3.05) is 17.1 Å². The Morgan fingerprint density at radius 2 is 1.82 bits per heavy atom. The maximum absolute atomic E-state index is 14.4. The number of nitrogens with zero attached hydrogens (tertiary/aromatic N) is 2. The molecule has 7 nitrogen and oxygen atoms in total. The summed E-state index contributed by atoms with van der Waals surface area (Å²) in [5.74, 6) is -1.67. The van der Waals surface area contributed by atoms with Crippen LogP contribution in [0.4, 0.5) is 10.1 Å². The molecule has 184 valence electrons. The number of benzene rings is 2. The van der Waals surface area contributed by atoms with Crippen molar-refractivity contribution in [2.24, 2.45) is 0 Å². The summed E-state index contributed by atoms with van der Waals surface area (Å²) >= 11 is 3.41. The van der Waals surface area contributed by atoms with Crippen LogP contribution >= 0.6 is 15.9 Å². The van der Waals surface area contributed by atoms with E-state index in [1.165, 1.54) is 23.1 Å². The third-order valence-electron chi connectivity index (χ3n) is 5.91. The second kappa shape index (κ2) is 11.3. The molecule has 1 aliphatic rings. The summed E-state index contributed by atoms with van der Waals surface area (Å²) in [6, 6.07) is 11.9. The van der Waals surface area contributed by atoms with E-state index in [2.05, 4.69) is 21.2 Å². The number of halogens is 2. The molecule has 1 saturated carbocycles. The fraction of sp³-hybridized carbons (Fsp3) is 0.417. The van der Waals surface area contributed by atoms with Crippen LogP contribution in [0.1, 0.15) is 38.2 Å². The van der Waals surface area contributed by atoms with Gasteiger partial charge in [-0.2, -0.15) is 0 Å². The molecule has 0 radical (unpaired) electrons. The highest BCUT2D eigenvalue weighted by Gasteiger charge is 2.32. The highest BCUT2D eigenvalue weighted by molar-refractivity contribution is 9.10. The van der Waals surface area contributed by atoms with Gasteiger partial charge >= 0.3 is 0 Å². The van der Waals surface area contributed by atoms with Crippen molar-refractivity contribution in [3.8, 4) is 0 Å². The van der Waals surface area contributed by atoms with E-state index in [0.717, 1.165) is 52.3 Å².